The molecule has 0 radical (unpaired) electrons. The van der Waals surface area contributed by atoms with Gasteiger partial charge in [0.15, 0.2) is 0 Å². The minimum Gasteiger partial charge on any atom is -0.507 e. The van der Waals surface area contributed by atoms with Crippen LogP contribution in [0.4, 0.5) is 0 Å². The lowest BCUT2D eigenvalue weighted by Gasteiger charge is -2.11. The molecule has 0 bridgehead atoms. The Kier molecular flexibility index (Phi) is 4.46. The number of ether oxygens (including phenoxy) is 1. The number of fused-ring (bicyclic) bond motifs is 3. The van der Waals surface area contributed by atoms with Gasteiger partial charge in [0.05, 0.1) is 35.6 Å². The fraction of sp³-hybridized carbons (Fsp3) is 0.0952. The molecule has 1 aromatic heterocycles. The summed E-state index contributed by atoms with van der Waals surface area (Å²) in [6.45, 7) is 0.395. The van der Waals surface area contributed by atoms with Crippen LogP contribution in [0.25, 0.3) is 21.8 Å². The fourth-order valence-electron chi connectivity index (χ4n) is 3.46. The van der Waals surface area contributed by atoms with Crippen molar-refractivity contribution in [3.63, 3.8) is 0 Å². The van der Waals surface area contributed by atoms with Crippen molar-refractivity contribution in [1.82, 2.24) is 4.57 Å². The van der Waals surface area contributed by atoms with Crippen molar-refractivity contribution in [3.05, 3.63) is 75.8 Å². The lowest BCUT2D eigenvalue weighted by molar-refractivity contribution is 0.0603. The number of esters is 1. The summed E-state index contributed by atoms with van der Waals surface area (Å²) in [4.78, 5) is 12.3. The van der Waals surface area contributed by atoms with Crippen LogP contribution in [0.2, 0.25) is 10.0 Å². The zero-order valence-electron chi connectivity index (χ0n) is 14.4. The van der Waals surface area contributed by atoms with Gasteiger partial charge in [-0.25, -0.2) is 4.79 Å². The third-order valence-electron chi connectivity index (χ3n) is 4.68. The molecule has 27 heavy (non-hydrogen) atoms. The average Bonchev–Trinajstić information content (AvgIpc) is 2.99. The van der Waals surface area contributed by atoms with Crippen molar-refractivity contribution >= 4 is 51.0 Å². The Morgan fingerprint density at radius 2 is 1.56 bits per heavy atom. The van der Waals surface area contributed by atoms with Gasteiger partial charge in [-0.1, -0.05) is 41.4 Å². The Bertz CT molecular complexity index is 1180. The van der Waals surface area contributed by atoms with Crippen LogP contribution in [0.1, 0.15) is 15.9 Å². The van der Waals surface area contributed by atoms with Crippen LogP contribution in [0, 0.1) is 0 Å². The molecule has 3 aromatic carbocycles. The summed E-state index contributed by atoms with van der Waals surface area (Å²) < 4.78 is 6.92. The van der Waals surface area contributed by atoms with Crippen LogP contribution in [0.15, 0.2) is 54.6 Å². The predicted octanol–water partition coefficient (Wildman–Crippen LogP) is 5.64. The zero-order chi connectivity index (χ0) is 19.1. The summed E-state index contributed by atoms with van der Waals surface area (Å²) in [5, 5.41) is 12.9. The topological polar surface area (TPSA) is 51.5 Å². The molecule has 0 amide bonds. The van der Waals surface area contributed by atoms with Crippen molar-refractivity contribution in [3.8, 4) is 5.75 Å². The minimum absolute atomic E-state index is 0.0952. The Balaban J connectivity index is 2.09. The number of hydrogen-bond acceptors (Lipinski definition) is 3. The fourth-order valence-corrected chi connectivity index (χ4v) is 3.98. The number of rotatable bonds is 3. The molecule has 0 spiro atoms. The van der Waals surface area contributed by atoms with Gasteiger partial charge in [-0.2, -0.15) is 0 Å². The maximum absolute atomic E-state index is 12.3. The van der Waals surface area contributed by atoms with E-state index < -0.39 is 5.97 Å². The second-order valence-corrected chi connectivity index (χ2v) is 6.96. The third kappa shape index (κ3) is 2.82. The molecule has 0 atom stereocenters. The van der Waals surface area contributed by atoms with Crippen LogP contribution in [0.5, 0.6) is 5.75 Å². The van der Waals surface area contributed by atoms with E-state index in [1.165, 1.54) is 7.11 Å². The van der Waals surface area contributed by atoms with E-state index in [1.54, 1.807) is 42.5 Å². The lowest BCUT2D eigenvalue weighted by atomic mass is 10.1. The van der Waals surface area contributed by atoms with E-state index in [0.717, 1.165) is 16.6 Å². The maximum atomic E-state index is 12.3. The second-order valence-electron chi connectivity index (χ2n) is 6.15. The van der Waals surface area contributed by atoms with Crippen LogP contribution >= 0.6 is 23.2 Å². The van der Waals surface area contributed by atoms with Gasteiger partial charge in [0.1, 0.15) is 5.75 Å². The number of hydrogen-bond donors (Lipinski definition) is 1. The summed E-state index contributed by atoms with van der Waals surface area (Å²) in [7, 11) is 1.34. The number of carbonyl (C=O) groups excluding carboxylic acids is 1. The van der Waals surface area contributed by atoms with Crippen LogP contribution in [0.3, 0.4) is 0 Å². The molecule has 0 fully saturated rings. The SMILES string of the molecule is COC(=O)c1cccc2c1c1c(O)cccc1n2Cc1c(Cl)cccc1Cl. The number of aromatic nitrogens is 1. The highest BCUT2D eigenvalue weighted by Gasteiger charge is 2.21. The largest absolute Gasteiger partial charge is 0.507 e. The van der Waals surface area contributed by atoms with Gasteiger partial charge in [0, 0.05) is 21.0 Å². The Morgan fingerprint density at radius 1 is 0.963 bits per heavy atom. The number of benzene rings is 3. The van der Waals surface area contributed by atoms with Gasteiger partial charge in [-0.3, -0.25) is 0 Å². The van der Waals surface area contributed by atoms with Gasteiger partial charge >= 0.3 is 5.97 Å². The van der Waals surface area contributed by atoms with Crippen molar-refractivity contribution < 1.29 is 14.6 Å². The van der Waals surface area contributed by atoms with Gasteiger partial charge in [-0.15, -0.1) is 0 Å². The molecular weight excluding hydrogens is 385 g/mol. The van der Waals surface area contributed by atoms with E-state index in [-0.39, 0.29) is 5.75 Å². The van der Waals surface area contributed by atoms with Crippen LogP contribution < -0.4 is 0 Å². The first-order valence-electron chi connectivity index (χ1n) is 8.27. The molecular formula is C21H15Cl2NO3. The molecule has 4 aromatic rings. The summed E-state index contributed by atoms with van der Waals surface area (Å²) in [6.07, 6.45) is 0. The molecule has 0 aliphatic carbocycles. The standard InChI is InChI=1S/C21H15Cl2NO3/c1-27-21(26)12-5-2-8-16-19(12)20-17(9-4-10-18(20)25)24(16)11-13-14(22)6-3-7-15(13)23/h2-10,25H,11H2,1H3. The number of aromatic hydroxyl groups is 1. The normalized spacial score (nSPS) is 11.2. The molecule has 0 unspecified atom stereocenters. The number of phenols is 1. The predicted molar refractivity (Wildman–Crippen MR) is 108 cm³/mol. The average molecular weight is 400 g/mol. The number of nitrogens with zero attached hydrogens (tertiary/aromatic N) is 1. The van der Waals surface area contributed by atoms with Gasteiger partial charge in [0.25, 0.3) is 0 Å². The Morgan fingerprint density at radius 3 is 2.22 bits per heavy atom. The zero-order valence-corrected chi connectivity index (χ0v) is 15.9. The Hall–Kier alpha value is -2.69. The number of phenolic OH excluding ortho intramolecular Hbond substituents is 1. The molecule has 6 heteroatoms. The molecule has 1 heterocycles. The van der Waals surface area contributed by atoms with Crippen LogP contribution in [-0.4, -0.2) is 22.8 Å². The second kappa shape index (κ2) is 6.80. The van der Waals surface area contributed by atoms with E-state index in [1.807, 2.05) is 16.7 Å². The highest BCUT2D eigenvalue weighted by atomic mass is 35.5. The number of halogens is 2. The quantitative estimate of drug-likeness (QED) is 0.453. The smallest absolute Gasteiger partial charge is 0.338 e. The van der Waals surface area contributed by atoms with Crippen molar-refractivity contribution in [2.45, 2.75) is 6.54 Å². The number of methoxy groups -OCH3 is 1. The molecule has 0 aliphatic heterocycles. The summed E-state index contributed by atoms with van der Waals surface area (Å²) in [5.41, 5.74) is 2.72. The molecule has 1 N–H and O–H groups in total. The van der Waals surface area contributed by atoms with E-state index in [2.05, 4.69) is 0 Å². The number of carbonyl (C=O) groups is 1. The monoisotopic (exact) mass is 399 g/mol. The van der Waals surface area contributed by atoms with Gasteiger partial charge < -0.3 is 14.4 Å². The third-order valence-corrected chi connectivity index (χ3v) is 5.39. The summed E-state index contributed by atoms with van der Waals surface area (Å²) in [5.74, 6) is -0.364. The van der Waals surface area contributed by atoms with Gasteiger partial charge in [0.2, 0.25) is 0 Å². The van der Waals surface area contributed by atoms with E-state index >= 15 is 0 Å². The summed E-state index contributed by atoms with van der Waals surface area (Å²) in [6, 6.07) is 16.0. The molecule has 0 saturated heterocycles. The molecule has 0 saturated carbocycles. The highest BCUT2D eigenvalue weighted by molar-refractivity contribution is 6.36. The van der Waals surface area contributed by atoms with Crippen molar-refractivity contribution in [2.24, 2.45) is 0 Å². The highest BCUT2D eigenvalue weighted by Crippen LogP contribution is 2.38. The summed E-state index contributed by atoms with van der Waals surface area (Å²) >= 11 is 12.7. The maximum Gasteiger partial charge on any atom is 0.338 e. The lowest BCUT2D eigenvalue weighted by Crippen LogP contribution is -2.03. The molecule has 4 rings (SSSR count). The van der Waals surface area contributed by atoms with Crippen molar-refractivity contribution in [2.75, 3.05) is 7.11 Å². The van der Waals surface area contributed by atoms with E-state index in [9.17, 15) is 9.90 Å². The van der Waals surface area contributed by atoms with Gasteiger partial charge in [-0.05, 0) is 36.4 Å². The molecule has 4 nitrogen and oxygen atoms in total. The van der Waals surface area contributed by atoms with Crippen molar-refractivity contribution in [1.29, 1.82) is 0 Å². The first kappa shape index (κ1) is 17.7. The minimum atomic E-state index is -0.460. The Labute approximate surface area is 165 Å². The first-order valence-corrected chi connectivity index (χ1v) is 9.02. The van der Waals surface area contributed by atoms with Crippen LogP contribution in [-0.2, 0) is 11.3 Å². The van der Waals surface area contributed by atoms with E-state index in [4.69, 9.17) is 27.9 Å². The van der Waals surface area contributed by atoms with E-state index in [0.29, 0.717) is 32.9 Å². The first-order chi connectivity index (χ1) is 13.0. The molecule has 136 valence electrons. The molecule has 0 aliphatic rings.